The molecule has 1 fully saturated rings. The molecule has 0 unspecified atom stereocenters. The Morgan fingerprint density at radius 3 is 2.41 bits per heavy atom. The molecule has 1 heterocycles. The maximum Gasteiger partial charge on any atom is 0.264 e. The third-order valence-electron chi connectivity index (χ3n) is 5.83. The predicted molar refractivity (Wildman–Crippen MR) is 132 cm³/mol. The molecule has 1 N–H and O–H groups in total. The van der Waals surface area contributed by atoms with Crippen LogP contribution >= 0.6 is 0 Å². The Morgan fingerprint density at radius 2 is 1.65 bits per heavy atom. The molecule has 0 aromatic heterocycles. The molecule has 0 saturated carbocycles. The fourth-order valence-electron chi connectivity index (χ4n) is 3.87. The topological polar surface area (TPSA) is 79.0 Å². The van der Waals surface area contributed by atoms with Crippen LogP contribution in [0.25, 0.3) is 0 Å². The fraction of sp³-hybridized carbons (Fsp3) is 0.269. The van der Waals surface area contributed by atoms with Gasteiger partial charge in [0.25, 0.3) is 15.9 Å². The first-order valence-corrected chi connectivity index (χ1v) is 12.7. The molecule has 1 aliphatic heterocycles. The lowest BCUT2D eigenvalue weighted by Crippen LogP contribution is -2.35. The average molecular weight is 480 g/mol. The second kappa shape index (κ2) is 10.8. The number of amides is 1. The van der Waals surface area contributed by atoms with Gasteiger partial charge in [-0.3, -0.25) is 14.0 Å². The Bertz CT molecular complexity index is 1230. The van der Waals surface area contributed by atoms with E-state index in [1.165, 1.54) is 16.9 Å². The van der Waals surface area contributed by atoms with Gasteiger partial charge in [0.15, 0.2) is 0 Å². The highest BCUT2D eigenvalue weighted by atomic mass is 32.2. The number of nitrogens with zero attached hydrogens (tertiary/aromatic N) is 2. The van der Waals surface area contributed by atoms with Gasteiger partial charge in [0, 0.05) is 38.8 Å². The van der Waals surface area contributed by atoms with Gasteiger partial charge < -0.3 is 10.1 Å². The number of carbonyl (C=O) groups is 1. The maximum absolute atomic E-state index is 12.9. The number of morpholine rings is 1. The van der Waals surface area contributed by atoms with E-state index in [0.29, 0.717) is 17.8 Å². The van der Waals surface area contributed by atoms with Gasteiger partial charge in [0.05, 0.1) is 23.8 Å². The molecule has 1 aliphatic rings. The number of rotatable bonds is 8. The van der Waals surface area contributed by atoms with Gasteiger partial charge in [0.1, 0.15) is 0 Å². The Labute approximate surface area is 201 Å². The summed E-state index contributed by atoms with van der Waals surface area (Å²) in [5.41, 5.74) is 3.03. The van der Waals surface area contributed by atoms with Crippen molar-refractivity contribution in [1.29, 1.82) is 0 Å². The van der Waals surface area contributed by atoms with Crippen LogP contribution < -0.4 is 9.62 Å². The van der Waals surface area contributed by atoms with Crippen LogP contribution in [0.2, 0.25) is 0 Å². The Hall–Kier alpha value is -3.20. The molecular weight excluding hydrogens is 450 g/mol. The lowest BCUT2D eigenvalue weighted by molar-refractivity contribution is 0.0342. The molecular formula is C26H29N3O4S. The molecule has 0 radical (unpaired) electrons. The molecule has 3 aromatic carbocycles. The molecule has 0 aliphatic carbocycles. The van der Waals surface area contributed by atoms with Crippen molar-refractivity contribution in [1.82, 2.24) is 10.2 Å². The van der Waals surface area contributed by atoms with Crippen molar-refractivity contribution in [3.05, 3.63) is 95.6 Å². The highest BCUT2D eigenvalue weighted by Crippen LogP contribution is 2.23. The second-order valence-corrected chi connectivity index (χ2v) is 10.2. The number of carbonyl (C=O) groups excluding carboxylic acids is 1. The highest BCUT2D eigenvalue weighted by Gasteiger charge is 2.21. The molecule has 178 valence electrons. The molecule has 8 heteroatoms. The number of hydrogen-bond donors (Lipinski definition) is 1. The summed E-state index contributed by atoms with van der Waals surface area (Å²) in [4.78, 5) is 15.4. The van der Waals surface area contributed by atoms with E-state index in [1.54, 1.807) is 54.6 Å². The maximum atomic E-state index is 12.9. The van der Waals surface area contributed by atoms with Crippen LogP contribution in [0.4, 0.5) is 5.69 Å². The largest absolute Gasteiger partial charge is 0.379 e. The number of nitrogens with one attached hydrogen (secondary N) is 1. The fourth-order valence-corrected chi connectivity index (χ4v) is 5.08. The summed E-state index contributed by atoms with van der Waals surface area (Å²) in [7, 11) is -2.23. The average Bonchev–Trinajstić information content (AvgIpc) is 2.88. The smallest absolute Gasteiger partial charge is 0.264 e. The van der Waals surface area contributed by atoms with E-state index in [4.69, 9.17) is 4.74 Å². The molecule has 0 spiro atoms. The number of hydrogen-bond acceptors (Lipinski definition) is 5. The van der Waals surface area contributed by atoms with Crippen LogP contribution in [0.1, 0.15) is 21.5 Å². The van der Waals surface area contributed by atoms with Gasteiger partial charge in [-0.05, 0) is 41.5 Å². The third kappa shape index (κ3) is 5.83. The lowest BCUT2D eigenvalue weighted by atomic mass is 10.1. The minimum atomic E-state index is -3.72. The minimum Gasteiger partial charge on any atom is -0.379 e. The third-order valence-corrected chi connectivity index (χ3v) is 7.63. The zero-order chi connectivity index (χ0) is 24.0. The van der Waals surface area contributed by atoms with E-state index < -0.39 is 10.0 Å². The molecule has 1 amide bonds. The van der Waals surface area contributed by atoms with Crippen molar-refractivity contribution in [2.75, 3.05) is 37.7 Å². The zero-order valence-corrected chi connectivity index (χ0v) is 20.0. The van der Waals surface area contributed by atoms with Crippen molar-refractivity contribution in [2.45, 2.75) is 18.0 Å². The molecule has 3 aromatic rings. The summed E-state index contributed by atoms with van der Waals surface area (Å²) in [5.74, 6) is -0.258. The molecule has 0 atom stereocenters. The van der Waals surface area contributed by atoms with Gasteiger partial charge >= 0.3 is 0 Å². The van der Waals surface area contributed by atoms with Crippen LogP contribution in [0.15, 0.2) is 83.8 Å². The Kier molecular flexibility index (Phi) is 7.62. The minimum absolute atomic E-state index is 0.198. The van der Waals surface area contributed by atoms with Crippen LogP contribution in [0, 0.1) is 0 Å². The van der Waals surface area contributed by atoms with E-state index >= 15 is 0 Å². The first-order valence-electron chi connectivity index (χ1n) is 11.2. The van der Waals surface area contributed by atoms with E-state index in [0.717, 1.165) is 38.4 Å². The normalized spacial score (nSPS) is 14.5. The summed E-state index contributed by atoms with van der Waals surface area (Å²) in [6.45, 7) is 4.61. The predicted octanol–water partition coefficient (Wildman–Crippen LogP) is 3.27. The summed E-state index contributed by atoms with van der Waals surface area (Å²) in [6.07, 6.45) is 0. The van der Waals surface area contributed by atoms with E-state index in [1.807, 2.05) is 12.1 Å². The van der Waals surface area contributed by atoms with Crippen LogP contribution in [-0.2, 0) is 27.8 Å². The van der Waals surface area contributed by atoms with Crippen LogP contribution in [0.5, 0.6) is 0 Å². The first kappa shape index (κ1) is 23.9. The van der Waals surface area contributed by atoms with Crippen molar-refractivity contribution in [3.8, 4) is 0 Å². The Balaban J connectivity index is 1.40. The lowest BCUT2D eigenvalue weighted by Gasteiger charge is -2.26. The summed E-state index contributed by atoms with van der Waals surface area (Å²) in [6, 6.07) is 23.0. The molecule has 4 rings (SSSR count). The number of benzene rings is 3. The SMILES string of the molecule is CN(c1cccc(C(=O)NCc2cccc(CN3CCOCC3)c2)c1)S(=O)(=O)c1ccccc1. The quantitative estimate of drug-likeness (QED) is 0.537. The first-order chi connectivity index (χ1) is 16.4. The van der Waals surface area contributed by atoms with Gasteiger partial charge in [-0.15, -0.1) is 0 Å². The van der Waals surface area contributed by atoms with E-state index in [9.17, 15) is 13.2 Å². The molecule has 0 bridgehead atoms. The van der Waals surface area contributed by atoms with Gasteiger partial charge in [-0.25, -0.2) is 8.42 Å². The number of sulfonamides is 1. The standard InChI is InChI=1S/C26H29N3O4S/c1-28(34(31,32)25-11-3-2-4-12-25)24-10-6-9-23(18-24)26(30)27-19-21-7-5-8-22(17-21)20-29-13-15-33-16-14-29/h2-12,17-18H,13-16,19-20H2,1H3,(H,27,30). The van der Waals surface area contributed by atoms with Gasteiger partial charge in [0.2, 0.25) is 0 Å². The summed E-state index contributed by atoms with van der Waals surface area (Å²) >= 11 is 0. The number of anilines is 1. The molecule has 7 nitrogen and oxygen atoms in total. The van der Waals surface area contributed by atoms with Crippen molar-refractivity contribution in [3.63, 3.8) is 0 Å². The molecule has 1 saturated heterocycles. The molecule has 34 heavy (non-hydrogen) atoms. The van der Waals surface area contributed by atoms with Crippen LogP contribution in [-0.4, -0.2) is 52.6 Å². The Morgan fingerprint density at radius 1 is 0.941 bits per heavy atom. The monoisotopic (exact) mass is 479 g/mol. The van der Waals surface area contributed by atoms with Gasteiger partial charge in [-0.1, -0.05) is 48.5 Å². The highest BCUT2D eigenvalue weighted by molar-refractivity contribution is 7.92. The van der Waals surface area contributed by atoms with Crippen molar-refractivity contribution < 1.29 is 17.9 Å². The van der Waals surface area contributed by atoms with Crippen molar-refractivity contribution >= 4 is 21.6 Å². The van der Waals surface area contributed by atoms with Crippen LogP contribution in [0.3, 0.4) is 0 Å². The summed E-state index contributed by atoms with van der Waals surface area (Å²) in [5, 5.41) is 2.94. The van der Waals surface area contributed by atoms with E-state index in [2.05, 4.69) is 22.3 Å². The number of ether oxygens (including phenoxy) is 1. The van der Waals surface area contributed by atoms with E-state index in [-0.39, 0.29) is 10.8 Å². The second-order valence-electron chi connectivity index (χ2n) is 8.23. The zero-order valence-electron chi connectivity index (χ0n) is 19.2. The van der Waals surface area contributed by atoms with Gasteiger partial charge in [-0.2, -0.15) is 0 Å². The summed E-state index contributed by atoms with van der Waals surface area (Å²) < 4.78 is 32.4. The van der Waals surface area contributed by atoms with Crippen molar-refractivity contribution in [2.24, 2.45) is 0 Å².